The van der Waals surface area contributed by atoms with Gasteiger partial charge in [0.1, 0.15) is 11.6 Å². The molecule has 1 aromatic heterocycles. The zero-order valence-electron chi connectivity index (χ0n) is 15.7. The third-order valence-corrected chi connectivity index (χ3v) is 3.98. The SMILES string of the molecule is CC(C)Oc1ccc(NC(=O)c2ccnc(N(C)c3ccccc3)c2)cc1. The lowest BCUT2D eigenvalue weighted by atomic mass is 10.2. The van der Waals surface area contributed by atoms with Crippen molar-refractivity contribution in [2.24, 2.45) is 0 Å². The van der Waals surface area contributed by atoms with Gasteiger partial charge in [-0.25, -0.2) is 4.98 Å². The summed E-state index contributed by atoms with van der Waals surface area (Å²) in [6.07, 6.45) is 1.76. The van der Waals surface area contributed by atoms with E-state index in [0.29, 0.717) is 17.1 Å². The molecule has 0 radical (unpaired) electrons. The van der Waals surface area contributed by atoms with E-state index in [4.69, 9.17) is 4.74 Å². The van der Waals surface area contributed by atoms with Gasteiger partial charge in [-0.05, 0) is 62.4 Å². The number of ether oxygens (including phenoxy) is 1. The maximum atomic E-state index is 12.6. The van der Waals surface area contributed by atoms with E-state index >= 15 is 0 Å². The number of carbonyl (C=O) groups is 1. The van der Waals surface area contributed by atoms with Crippen molar-refractivity contribution in [2.45, 2.75) is 20.0 Å². The number of aromatic nitrogens is 1. The van der Waals surface area contributed by atoms with E-state index in [0.717, 1.165) is 11.4 Å². The molecular weight excluding hydrogens is 338 g/mol. The number of nitrogens with zero attached hydrogens (tertiary/aromatic N) is 2. The van der Waals surface area contributed by atoms with Gasteiger partial charge < -0.3 is 15.0 Å². The first kappa shape index (κ1) is 18.5. The second-order valence-electron chi connectivity index (χ2n) is 6.44. The zero-order chi connectivity index (χ0) is 19.2. The lowest BCUT2D eigenvalue weighted by Crippen LogP contribution is -2.15. The van der Waals surface area contributed by atoms with Crippen molar-refractivity contribution in [3.63, 3.8) is 0 Å². The van der Waals surface area contributed by atoms with Crippen molar-refractivity contribution in [1.29, 1.82) is 0 Å². The Morgan fingerprint density at radius 2 is 1.74 bits per heavy atom. The Balaban J connectivity index is 1.72. The van der Waals surface area contributed by atoms with Crippen LogP contribution in [0.15, 0.2) is 72.9 Å². The summed E-state index contributed by atoms with van der Waals surface area (Å²) in [5, 5.41) is 2.90. The summed E-state index contributed by atoms with van der Waals surface area (Å²) < 4.78 is 5.62. The molecule has 3 rings (SSSR count). The van der Waals surface area contributed by atoms with Crippen LogP contribution in [0.1, 0.15) is 24.2 Å². The van der Waals surface area contributed by atoms with E-state index in [1.54, 1.807) is 18.3 Å². The van der Waals surface area contributed by atoms with Gasteiger partial charge in [-0.1, -0.05) is 18.2 Å². The summed E-state index contributed by atoms with van der Waals surface area (Å²) in [6.45, 7) is 3.95. The van der Waals surface area contributed by atoms with Crippen LogP contribution in [-0.2, 0) is 0 Å². The highest BCUT2D eigenvalue weighted by Crippen LogP contribution is 2.22. The Morgan fingerprint density at radius 3 is 2.41 bits per heavy atom. The van der Waals surface area contributed by atoms with Crippen LogP contribution in [-0.4, -0.2) is 24.0 Å². The standard InChI is InChI=1S/C22H23N3O2/c1-16(2)27-20-11-9-18(10-12-20)24-22(26)17-13-14-23-21(15-17)25(3)19-7-5-4-6-8-19/h4-16H,1-3H3,(H,24,26). The van der Waals surface area contributed by atoms with Crippen molar-refractivity contribution in [1.82, 2.24) is 4.98 Å². The number of carbonyl (C=O) groups excluding carboxylic acids is 1. The van der Waals surface area contributed by atoms with Crippen LogP contribution < -0.4 is 15.0 Å². The van der Waals surface area contributed by atoms with Gasteiger partial charge in [0, 0.05) is 30.2 Å². The van der Waals surface area contributed by atoms with Gasteiger partial charge in [0.05, 0.1) is 6.10 Å². The Labute approximate surface area is 159 Å². The van der Waals surface area contributed by atoms with Crippen LogP contribution in [0.3, 0.4) is 0 Å². The van der Waals surface area contributed by atoms with Crippen LogP contribution in [0, 0.1) is 0 Å². The maximum Gasteiger partial charge on any atom is 0.255 e. The summed E-state index contributed by atoms with van der Waals surface area (Å²) in [6, 6.07) is 20.7. The Bertz CT molecular complexity index is 893. The quantitative estimate of drug-likeness (QED) is 0.679. The van der Waals surface area contributed by atoms with Crippen molar-refractivity contribution in [3.8, 4) is 5.75 Å². The van der Waals surface area contributed by atoms with Gasteiger partial charge in [-0.3, -0.25) is 4.79 Å². The molecule has 3 aromatic rings. The number of hydrogen-bond donors (Lipinski definition) is 1. The molecule has 1 amide bonds. The number of para-hydroxylation sites is 1. The second-order valence-corrected chi connectivity index (χ2v) is 6.44. The van der Waals surface area contributed by atoms with Crippen LogP contribution in [0.5, 0.6) is 5.75 Å². The predicted molar refractivity (Wildman–Crippen MR) is 109 cm³/mol. The first-order valence-corrected chi connectivity index (χ1v) is 8.86. The monoisotopic (exact) mass is 361 g/mol. The molecule has 0 atom stereocenters. The fourth-order valence-electron chi connectivity index (χ4n) is 2.62. The predicted octanol–water partition coefficient (Wildman–Crippen LogP) is 4.89. The Kier molecular flexibility index (Phi) is 5.71. The molecule has 1 N–H and O–H groups in total. The summed E-state index contributed by atoms with van der Waals surface area (Å²) >= 11 is 0. The molecule has 0 unspecified atom stereocenters. The van der Waals surface area contributed by atoms with E-state index in [-0.39, 0.29) is 12.0 Å². The van der Waals surface area contributed by atoms with E-state index in [9.17, 15) is 4.79 Å². The largest absolute Gasteiger partial charge is 0.491 e. The number of nitrogens with one attached hydrogen (secondary N) is 1. The van der Waals surface area contributed by atoms with Gasteiger partial charge in [-0.15, -0.1) is 0 Å². The van der Waals surface area contributed by atoms with Crippen molar-refractivity contribution < 1.29 is 9.53 Å². The highest BCUT2D eigenvalue weighted by molar-refractivity contribution is 6.04. The van der Waals surface area contributed by atoms with Crippen molar-refractivity contribution >= 4 is 23.1 Å². The normalized spacial score (nSPS) is 10.5. The van der Waals surface area contributed by atoms with Crippen molar-refractivity contribution in [3.05, 3.63) is 78.5 Å². The third kappa shape index (κ3) is 4.85. The number of amides is 1. The van der Waals surface area contributed by atoms with Crippen LogP contribution in [0.25, 0.3) is 0 Å². The van der Waals surface area contributed by atoms with E-state index in [1.165, 1.54) is 0 Å². The Hall–Kier alpha value is -3.34. The highest BCUT2D eigenvalue weighted by Gasteiger charge is 2.11. The molecule has 0 bridgehead atoms. The van der Waals surface area contributed by atoms with Gasteiger partial charge in [0.15, 0.2) is 0 Å². The second kappa shape index (κ2) is 8.36. The van der Waals surface area contributed by atoms with Crippen LogP contribution in [0.2, 0.25) is 0 Å². The highest BCUT2D eigenvalue weighted by atomic mass is 16.5. The summed E-state index contributed by atoms with van der Waals surface area (Å²) in [4.78, 5) is 18.9. The minimum Gasteiger partial charge on any atom is -0.491 e. The molecule has 0 saturated carbocycles. The van der Waals surface area contributed by atoms with Gasteiger partial charge in [0.25, 0.3) is 5.91 Å². The molecule has 27 heavy (non-hydrogen) atoms. The lowest BCUT2D eigenvalue weighted by Gasteiger charge is -2.18. The molecule has 0 aliphatic rings. The molecule has 2 aromatic carbocycles. The number of rotatable bonds is 6. The van der Waals surface area contributed by atoms with E-state index in [2.05, 4.69) is 10.3 Å². The third-order valence-electron chi connectivity index (χ3n) is 3.98. The van der Waals surface area contributed by atoms with Gasteiger partial charge in [-0.2, -0.15) is 0 Å². The molecule has 0 aliphatic carbocycles. The van der Waals surface area contributed by atoms with Gasteiger partial charge in [0.2, 0.25) is 0 Å². The first-order valence-electron chi connectivity index (χ1n) is 8.86. The van der Waals surface area contributed by atoms with E-state index < -0.39 is 0 Å². The summed E-state index contributed by atoms with van der Waals surface area (Å²) in [5.41, 5.74) is 2.26. The first-order chi connectivity index (χ1) is 13.0. The smallest absolute Gasteiger partial charge is 0.255 e. The fourth-order valence-corrected chi connectivity index (χ4v) is 2.62. The molecule has 5 nitrogen and oxygen atoms in total. The molecule has 0 spiro atoms. The molecule has 138 valence electrons. The molecule has 1 heterocycles. The fraction of sp³-hybridized carbons (Fsp3) is 0.182. The van der Waals surface area contributed by atoms with Gasteiger partial charge >= 0.3 is 0 Å². The Morgan fingerprint density at radius 1 is 1.04 bits per heavy atom. The zero-order valence-corrected chi connectivity index (χ0v) is 15.7. The minimum absolute atomic E-state index is 0.113. The number of anilines is 3. The maximum absolute atomic E-state index is 12.6. The average molecular weight is 361 g/mol. The summed E-state index contributed by atoms with van der Waals surface area (Å²) in [7, 11) is 1.92. The molecule has 0 aliphatic heterocycles. The molecule has 0 fully saturated rings. The topological polar surface area (TPSA) is 54.5 Å². The molecule has 0 saturated heterocycles. The lowest BCUT2D eigenvalue weighted by molar-refractivity contribution is 0.102. The minimum atomic E-state index is -0.183. The molecule has 5 heteroatoms. The van der Waals surface area contributed by atoms with Crippen LogP contribution in [0.4, 0.5) is 17.2 Å². The number of benzene rings is 2. The number of hydrogen-bond acceptors (Lipinski definition) is 4. The number of pyridine rings is 1. The van der Waals surface area contributed by atoms with Crippen molar-refractivity contribution in [2.75, 3.05) is 17.3 Å². The molecular formula is C22H23N3O2. The van der Waals surface area contributed by atoms with Crippen LogP contribution >= 0.6 is 0 Å². The van der Waals surface area contributed by atoms with E-state index in [1.807, 2.05) is 80.4 Å². The average Bonchev–Trinajstić information content (AvgIpc) is 2.69. The summed E-state index contributed by atoms with van der Waals surface area (Å²) in [5.74, 6) is 1.30.